The highest BCUT2D eigenvalue weighted by Gasteiger charge is 2.28. The van der Waals surface area contributed by atoms with Crippen LogP contribution in [0, 0.1) is 0 Å². The Labute approximate surface area is 432 Å². The number of rotatable bonds is 9. The van der Waals surface area contributed by atoms with Crippen molar-refractivity contribution in [2.45, 2.75) is 0 Å². The van der Waals surface area contributed by atoms with Gasteiger partial charge in [0.05, 0.1) is 34.1 Å². The maximum Gasteiger partial charge on any atom is 0.238 e. The van der Waals surface area contributed by atoms with Gasteiger partial charge in [-0.25, -0.2) is 15.0 Å². The van der Waals surface area contributed by atoms with Crippen LogP contribution in [-0.2, 0) is 0 Å². The van der Waals surface area contributed by atoms with Crippen LogP contribution in [0.3, 0.4) is 0 Å². The van der Waals surface area contributed by atoms with E-state index >= 15 is 0 Å². The van der Waals surface area contributed by atoms with Gasteiger partial charge in [-0.2, -0.15) is 29.9 Å². The number of nitrogens with zero attached hydrogens (tertiary/aromatic N) is 12. The van der Waals surface area contributed by atoms with Crippen molar-refractivity contribution in [2.24, 2.45) is 0 Å². The van der Waals surface area contributed by atoms with Gasteiger partial charge in [-0.3, -0.25) is 14.7 Å². The molecule has 0 saturated heterocycles. The molecule has 1 aliphatic heterocycles. The first-order valence-corrected chi connectivity index (χ1v) is 24.5. The third-order valence-corrected chi connectivity index (χ3v) is 12.7. The van der Waals surface area contributed by atoms with E-state index in [4.69, 9.17) is 44.9 Å². The maximum absolute atomic E-state index is 5.30. The van der Waals surface area contributed by atoms with Crippen LogP contribution < -0.4 is 14.7 Å². The molecule has 6 bridgehead atoms. The third kappa shape index (κ3) is 8.96. The molecular weight excluding hydrogens is 925 g/mol. The van der Waals surface area contributed by atoms with E-state index in [-0.39, 0.29) is 0 Å². The first kappa shape index (κ1) is 44.4. The summed E-state index contributed by atoms with van der Waals surface area (Å²) in [5, 5.41) is 0. The molecule has 3 aromatic heterocycles. The number of benzene rings is 9. The summed E-state index contributed by atoms with van der Waals surface area (Å²) >= 11 is 0. The Morgan fingerprint density at radius 1 is 0.173 bits per heavy atom. The van der Waals surface area contributed by atoms with Gasteiger partial charge < -0.3 is 0 Å². The lowest BCUT2D eigenvalue weighted by molar-refractivity contribution is 1.01. The van der Waals surface area contributed by atoms with Crippen molar-refractivity contribution in [1.82, 2.24) is 44.9 Å². The number of anilines is 9. The summed E-state index contributed by atoms with van der Waals surface area (Å²) in [7, 11) is 0. The second-order valence-electron chi connectivity index (χ2n) is 17.6. The predicted molar refractivity (Wildman–Crippen MR) is 297 cm³/mol. The van der Waals surface area contributed by atoms with E-state index < -0.39 is 0 Å². The molecular formula is C63H42N12. The molecule has 0 N–H and O–H groups in total. The molecule has 13 rings (SSSR count). The van der Waals surface area contributed by atoms with Gasteiger partial charge in [0.2, 0.25) is 17.8 Å². The minimum absolute atomic E-state index is 0.404. The second-order valence-corrected chi connectivity index (χ2v) is 17.6. The smallest absolute Gasteiger partial charge is 0.238 e. The monoisotopic (exact) mass is 966 g/mol. The SMILES string of the molecule is c1ccc(-c2nc(-c3ccccc3)nc(N3c4cccc(c4)N(c4nc(-c5ccccc5)nc(-c5ccccc5)n4)c4cccc(c4)N(c4nc(-c5ccccc5)nc(-c5ccccc5)n4)c4cccc3c4)n2)cc1. The zero-order valence-corrected chi connectivity index (χ0v) is 40.1. The summed E-state index contributed by atoms with van der Waals surface area (Å²) in [6.07, 6.45) is 0. The van der Waals surface area contributed by atoms with E-state index in [2.05, 4.69) is 69.3 Å². The Kier molecular flexibility index (Phi) is 11.6. The first-order chi connectivity index (χ1) is 37.1. The van der Waals surface area contributed by atoms with Crippen LogP contribution in [0.25, 0.3) is 68.3 Å². The quantitative estimate of drug-likeness (QED) is 0.137. The molecule has 0 radical (unpaired) electrons. The lowest BCUT2D eigenvalue weighted by atomic mass is 10.1. The van der Waals surface area contributed by atoms with Gasteiger partial charge in [-0.05, 0) is 54.6 Å². The topological polar surface area (TPSA) is 126 Å². The molecule has 0 aliphatic carbocycles. The zero-order chi connectivity index (χ0) is 49.9. The summed E-state index contributed by atoms with van der Waals surface area (Å²) in [5.74, 6) is 4.35. The maximum atomic E-state index is 5.30. The highest BCUT2D eigenvalue weighted by molar-refractivity contribution is 5.87. The van der Waals surface area contributed by atoms with Crippen molar-refractivity contribution in [3.8, 4) is 68.3 Å². The normalized spacial score (nSPS) is 11.9. The number of aromatic nitrogens is 9. The highest BCUT2D eigenvalue weighted by atomic mass is 15.3. The van der Waals surface area contributed by atoms with Crippen LogP contribution >= 0.6 is 0 Å². The Balaban J connectivity index is 1.10. The van der Waals surface area contributed by atoms with Crippen molar-refractivity contribution < 1.29 is 0 Å². The molecule has 9 aromatic carbocycles. The summed E-state index contributed by atoms with van der Waals surface area (Å²) < 4.78 is 0. The van der Waals surface area contributed by atoms with Crippen LogP contribution in [0.4, 0.5) is 52.0 Å². The largest absolute Gasteiger partial charge is 0.279 e. The van der Waals surface area contributed by atoms with Crippen LogP contribution in [-0.4, -0.2) is 44.9 Å². The fourth-order valence-electron chi connectivity index (χ4n) is 9.15. The van der Waals surface area contributed by atoms with E-state index in [9.17, 15) is 0 Å². The highest BCUT2D eigenvalue weighted by Crippen LogP contribution is 2.45. The van der Waals surface area contributed by atoms with E-state index in [0.29, 0.717) is 52.8 Å². The molecule has 4 heterocycles. The number of fused-ring (bicyclic) bond motifs is 6. The average Bonchev–Trinajstić information content (AvgIpc) is 3.49. The molecule has 1 aliphatic rings. The molecule has 12 nitrogen and oxygen atoms in total. The molecule has 12 heteroatoms. The minimum atomic E-state index is 0.404. The Morgan fingerprint density at radius 3 is 0.520 bits per heavy atom. The lowest BCUT2D eigenvalue weighted by Gasteiger charge is -2.31. The zero-order valence-electron chi connectivity index (χ0n) is 40.1. The summed E-state index contributed by atoms with van der Waals surface area (Å²) in [6.45, 7) is 0. The number of hydrogen-bond donors (Lipinski definition) is 0. The summed E-state index contributed by atoms with van der Waals surface area (Å²) in [4.78, 5) is 53.2. The predicted octanol–water partition coefficient (Wildman–Crippen LogP) is 15.0. The van der Waals surface area contributed by atoms with Crippen molar-refractivity contribution in [3.05, 3.63) is 255 Å². The fourth-order valence-corrected chi connectivity index (χ4v) is 9.15. The Hall–Kier alpha value is -10.6. The van der Waals surface area contributed by atoms with E-state index in [1.807, 2.05) is 200 Å². The standard InChI is InChI=1S/C63H42N12/c1-7-22-43(23-8-1)55-64-56(44-24-9-2-10-25-44)68-61(67-55)73-49-34-19-36-51(40-49)74(62-69-57(45-26-11-3-12-27-45)65-58(70-62)46-28-13-4-14-29-46)53-38-21-39-54(42-53)75(52-37-20-35-50(73)41-52)63-71-59(47-30-15-5-16-31-47)66-60(72-63)48-32-17-6-18-33-48/h1-42H. The van der Waals surface area contributed by atoms with Gasteiger partial charge in [0.15, 0.2) is 34.9 Å². The molecule has 354 valence electrons. The van der Waals surface area contributed by atoms with Gasteiger partial charge in [-0.1, -0.05) is 200 Å². The number of hydrogen-bond acceptors (Lipinski definition) is 12. The molecule has 75 heavy (non-hydrogen) atoms. The molecule has 12 aromatic rings. The molecule has 0 saturated carbocycles. The first-order valence-electron chi connectivity index (χ1n) is 24.5. The van der Waals surface area contributed by atoms with Crippen LogP contribution in [0.15, 0.2) is 255 Å². The van der Waals surface area contributed by atoms with Gasteiger partial charge in [-0.15, -0.1) is 0 Å². The summed E-state index contributed by atoms with van der Waals surface area (Å²) in [5.41, 5.74) is 9.68. The molecule has 0 unspecified atom stereocenters. The molecule has 0 fully saturated rings. The van der Waals surface area contributed by atoms with Gasteiger partial charge in [0.1, 0.15) is 0 Å². The van der Waals surface area contributed by atoms with Gasteiger partial charge in [0.25, 0.3) is 0 Å². The average molecular weight is 967 g/mol. The third-order valence-electron chi connectivity index (χ3n) is 12.7. The van der Waals surface area contributed by atoms with Crippen LogP contribution in [0.5, 0.6) is 0 Å². The van der Waals surface area contributed by atoms with Crippen LogP contribution in [0.1, 0.15) is 0 Å². The lowest BCUT2D eigenvalue weighted by Crippen LogP contribution is -2.20. The van der Waals surface area contributed by atoms with Crippen molar-refractivity contribution in [3.63, 3.8) is 0 Å². The Morgan fingerprint density at radius 2 is 0.347 bits per heavy atom. The van der Waals surface area contributed by atoms with Crippen molar-refractivity contribution in [2.75, 3.05) is 14.7 Å². The van der Waals surface area contributed by atoms with E-state index in [1.54, 1.807) is 0 Å². The van der Waals surface area contributed by atoms with E-state index in [1.165, 1.54) is 0 Å². The van der Waals surface area contributed by atoms with Gasteiger partial charge in [0, 0.05) is 33.4 Å². The second kappa shape index (κ2) is 19.5. The van der Waals surface area contributed by atoms with Crippen molar-refractivity contribution in [1.29, 1.82) is 0 Å². The van der Waals surface area contributed by atoms with Crippen LogP contribution in [0.2, 0.25) is 0 Å². The van der Waals surface area contributed by atoms with Gasteiger partial charge >= 0.3 is 0 Å². The molecule has 0 spiro atoms. The fraction of sp³-hybridized carbons (Fsp3) is 0. The minimum Gasteiger partial charge on any atom is -0.279 e. The molecule has 0 atom stereocenters. The van der Waals surface area contributed by atoms with E-state index in [0.717, 1.165) is 67.5 Å². The van der Waals surface area contributed by atoms with Crippen molar-refractivity contribution >= 4 is 52.0 Å². The Bertz CT molecular complexity index is 3320. The summed E-state index contributed by atoms with van der Waals surface area (Å²) in [6, 6.07) is 84.8. The molecule has 0 amide bonds.